The highest BCUT2D eigenvalue weighted by atomic mass is 79.9. The largest absolute Gasteiger partial charge is 0.496 e. The van der Waals surface area contributed by atoms with Gasteiger partial charge in [-0.05, 0) is 34.8 Å². The van der Waals surface area contributed by atoms with Crippen LogP contribution < -0.4 is 15.2 Å². The number of sulfonamides is 1. The van der Waals surface area contributed by atoms with E-state index in [1.54, 1.807) is 6.07 Å². The summed E-state index contributed by atoms with van der Waals surface area (Å²) in [5.41, 5.74) is 5.28. The molecule has 1 heterocycles. The Balaban J connectivity index is 2.35. The third kappa shape index (κ3) is 3.61. The lowest BCUT2D eigenvalue weighted by Crippen LogP contribution is -2.41. The lowest BCUT2D eigenvalue weighted by atomic mass is 9.98. The van der Waals surface area contributed by atoms with Crippen LogP contribution in [0.15, 0.2) is 21.5 Å². The predicted octanol–water partition coefficient (Wildman–Crippen LogP) is 1.35. The Hall–Kier alpha value is -1.32. The van der Waals surface area contributed by atoms with E-state index in [0.29, 0.717) is 23.1 Å². The summed E-state index contributed by atoms with van der Waals surface area (Å²) in [7, 11) is -0.879. The topological polar surface area (TPSA) is 98.9 Å². The Kier molecular flexibility index (Phi) is 5.53. The molecule has 23 heavy (non-hydrogen) atoms. The molecule has 128 valence electrons. The second kappa shape index (κ2) is 7.06. The molecule has 1 saturated heterocycles. The third-order valence-electron chi connectivity index (χ3n) is 3.91. The SMILES string of the molecule is COc1cc(S(=O)(=O)N2CCC(C(N)=O)CC2)c(OC)cc1Br. The Morgan fingerprint density at radius 3 is 2.26 bits per heavy atom. The van der Waals surface area contributed by atoms with E-state index >= 15 is 0 Å². The van der Waals surface area contributed by atoms with Gasteiger partial charge in [-0.1, -0.05) is 0 Å². The summed E-state index contributed by atoms with van der Waals surface area (Å²) in [6, 6.07) is 2.99. The predicted molar refractivity (Wildman–Crippen MR) is 87.9 cm³/mol. The summed E-state index contributed by atoms with van der Waals surface area (Å²) < 4.78 is 38.1. The quantitative estimate of drug-likeness (QED) is 0.795. The maximum atomic E-state index is 12.9. The van der Waals surface area contributed by atoms with Crippen molar-refractivity contribution >= 4 is 31.9 Å². The highest BCUT2D eigenvalue weighted by Crippen LogP contribution is 2.37. The van der Waals surface area contributed by atoms with Gasteiger partial charge < -0.3 is 15.2 Å². The first-order valence-corrected chi connectivity index (χ1v) is 9.25. The van der Waals surface area contributed by atoms with Crippen molar-refractivity contribution in [3.8, 4) is 11.5 Å². The van der Waals surface area contributed by atoms with E-state index in [1.165, 1.54) is 24.6 Å². The fraction of sp³-hybridized carbons (Fsp3) is 0.500. The molecule has 0 bridgehead atoms. The molecule has 1 aromatic carbocycles. The van der Waals surface area contributed by atoms with E-state index in [9.17, 15) is 13.2 Å². The van der Waals surface area contributed by atoms with Gasteiger partial charge >= 0.3 is 0 Å². The van der Waals surface area contributed by atoms with Gasteiger partial charge in [0.1, 0.15) is 16.4 Å². The Morgan fingerprint density at radius 1 is 1.22 bits per heavy atom. The van der Waals surface area contributed by atoms with Gasteiger partial charge in [0, 0.05) is 25.1 Å². The van der Waals surface area contributed by atoms with Gasteiger partial charge in [-0.2, -0.15) is 4.31 Å². The zero-order valence-corrected chi connectivity index (χ0v) is 15.3. The van der Waals surface area contributed by atoms with E-state index < -0.39 is 10.0 Å². The van der Waals surface area contributed by atoms with Crippen LogP contribution in [0.2, 0.25) is 0 Å². The molecule has 0 saturated carbocycles. The monoisotopic (exact) mass is 406 g/mol. The van der Waals surface area contributed by atoms with Crippen molar-refractivity contribution < 1.29 is 22.7 Å². The number of amides is 1. The third-order valence-corrected chi connectivity index (χ3v) is 6.45. The fourth-order valence-corrected chi connectivity index (χ4v) is 4.66. The van der Waals surface area contributed by atoms with E-state index in [1.807, 2.05) is 0 Å². The summed E-state index contributed by atoms with van der Waals surface area (Å²) in [5.74, 6) is -0.0289. The second-order valence-corrected chi connectivity index (χ2v) is 7.98. The maximum absolute atomic E-state index is 12.9. The molecule has 0 radical (unpaired) electrons. The summed E-state index contributed by atoms with van der Waals surface area (Å²) in [6.45, 7) is 0.495. The van der Waals surface area contributed by atoms with E-state index in [4.69, 9.17) is 15.2 Å². The summed E-state index contributed by atoms with van der Waals surface area (Å²) in [6.07, 6.45) is 0.842. The number of hydrogen-bond donors (Lipinski definition) is 1. The first-order chi connectivity index (χ1) is 10.8. The van der Waals surface area contributed by atoms with Crippen molar-refractivity contribution in [2.75, 3.05) is 27.3 Å². The number of rotatable bonds is 5. The molecule has 0 spiro atoms. The number of carbonyl (C=O) groups excluding carboxylic acids is 1. The van der Waals surface area contributed by atoms with Crippen molar-refractivity contribution in [3.63, 3.8) is 0 Å². The summed E-state index contributed by atoms with van der Waals surface area (Å²) >= 11 is 3.30. The van der Waals surface area contributed by atoms with Gasteiger partial charge in [0.2, 0.25) is 15.9 Å². The number of benzene rings is 1. The number of halogens is 1. The van der Waals surface area contributed by atoms with Crippen LogP contribution in [0.3, 0.4) is 0 Å². The van der Waals surface area contributed by atoms with Gasteiger partial charge in [0.05, 0.1) is 18.7 Å². The number of primary amides is 1. The van der Waals surface area contributed by atoms with Crippen LogP contribution in [0, 0.1) is 5.92 Å². The van der Waals surface area contributed by atoms with Crippen LogP contribution in [0.4, 0.5) is 0 Å². The number of hydrogen-bond acceptors (Lipinski definition) is 5. The first kappa shape index (κ1) is 18.0. The second-order valence-electron chi connectivity index (χ2n) is 5.22. The molecule has 2 N–H and O–H groups in total. The molecule has 1 amide bonds. The molecule has 1 aliphatic heterocycles. The molecule has 1 fully saturated rings. The average molecular weight is 407 g/mol. The molecule has 2 rings (SSSR count). The Labute approximate surface area is 143 Å². The Morgan fingerprint density at radius 2 is 1.78 bits per heavy atom. The van der Waals surface area contributed by atoms with Gasteiger partial charge in [-0.15, -0.1) is 0 Å². The van der Waals surface area contributed by atoms with E-state index in [2.05, 4.69) is 15.9 Å². The number of nitrogens with two attached hydrogens (primary N) is 1. The standard InChI is InChI=1S/C14H19BrN2O5S/c1-21-11-8-13(12(22-2)7-10(11)15)23(19,20)17-5-3-9(4-6-17)14(16)18/h7-9H,3-6H2,1-2H3,(H2,16,18). The van der Waals surface area contributed by atoms with Crippen molar-refractivity contribution in [2.24, 2.45) is 11.7 Å². The van der Waals surface area contributed by atoms with Gasteiger partial charge in [-0.25, -0.2) is 8.42 Å². The van der Waals surface area contributed by atoms with Crippen molar-refractivity contribution in [1.82, 2.24) is 4.31 Å². The normalized spacial score (nSPS) is 17.0. The zero-order chi connectivity index (χ0) is 17.2. The van der Waals surface area contributed by atoms with Gasteiger partial charge in [0.25, 0.3) is 0 Å². The van der Waals surface area contributed by atoms with Crippen molar-refractivity contribution in [2.45, 2.75) is 17.7 Å². The minimum absolute atomic E-state index is 0.0394. The molecule has 0 unspecified atom stereocenters. The zero-order valence-electron chi connectivity index (χ0n) is 12.9. The molecule has 0 atom stereocenters. The smallest absolute Gasteiger partial charge is 0.246 e. The van der Waals surface area contributed by atoms with Crippen LogP contribution >= 0.6 is 15.9 Å². The highest BCUT2D eigenvalue weighted by molar-refractivity contribution is 9.10. The minimum atomic E-state index is -3.75. The van der Waals surface area contributed by atoms with Crippen molar-refractivity contribution in [1.29, 1.82) is 0 Å². The molecule has 0 aromatic heterocycles. The average Bonchev–Trinajstić information content (AvgIpc) is 2.54. The molecule has 7 nitrogen and oxygen atoms in total. The number of nitrogens with zero attached hydrogens (tertiary/aromatic N) is 1. The molecule has 0 aliphatic carbocycles. The number of piperidine rings is 1. The van der Waals surface area contributed by atoms with E-state index in [0.717, 1.165) is 0 Å². The summed E-state index contributed by atoms with van der Waals surface area (Å²) in [4.78, 5) is 11.3. The molecular formula is C14H19BrN2O5S. The Bertz CT molecular complexity index is 699. The van der Waals surface area contributed by atoms with Crippen LogP contribution in [0.1, 0.15) is 12.8 Å². The lowest BCUT2D eigenvalue weighted by Gasteiger charge is -2.30. The van der Waals surface area contributed by atoms with E-state index in [-0.39, 0.29) is 35.6 Å². The maximum Gasteiger partial charge on any atom is 0.246 e. The number of ether oxygens (including phenoxy) is 2. The van der Waals surface area contributed by atoms with Crippen LogP contribution in [-0.4, -0.2) is 45.9 Å². The fourth-order valence-electron chi connectivity index (χ4n) is 2.55. The lowest BCUT2D eigenvalue weighted by molar-refractivity contribution is -0.122. The van der Waals surface area contributed by atoms with Crippen molar-refractivity contribution in [3.05, 3.63) is 16.6 Å². The van der Waals surface area contributed by atoms with Crippen LogP contribution in [0.5, 0.6) is 11.5 Å². The molecule has 1 aromatic rings. The van der Waals surface area contributed by atoms with Gasteiger partial charge in [-0.3, -0.25) is 4.79 Å². The summed E-state index contributed by atoms with van der Waals surface area (Å²) in [5, 5.41) is 0. The molecule has 1 aliphatic rings. The van der Waals surface area contributed by atoms with Crippen LogP contribution in [0.25, 0.3) is 0 Å². The minimum Gasteiger partial charge on any atom is -0.496 e. The highest BCUT2D eigenvalue weighted by Gasteiger charge is 2.33. The number of carbonyl (C=O) groups is 1. The van der Waals surface area contributed by atoms with Gasteiger partial charge in [0.15, 0.2) is 0 Å². The first-order valence-electron chi connectivity index (χ1n) is 7.02. The molecular weight excluding hydrogens is 388 g/mol. The number of methoxy groups -OCH3 is 2. The molecule has 9 heteroatoms. The van der Waals surface area contributed by atoms with Crippen LogP contribution in [-0.2, 0) is 14.8 Å².